The summed E-state index contributed by atoms with van der Waals surface area (Å²) in [6.07, 6.45) is 3.67. The summed E-state index contributed by atoms with van der Waals surface area (Å²) < 4.78 is 1.44. The van der Waals surface area contributed by atoms with Gasteiger partial charge in [-0.3, -0.25) is 0 Å². The van der Waals surface area contributed by atoms with E-state index >= 15 is 0 Å². The summed E-state index contributed by atoms with van der Waals surface area (Å²) in [7, 11) is 0. The van der Waals surface area contributed by atoms with Gasteiger partial charge in [-0.1, -0.05) is 37.3 Å². The van der Waals surface area contributed by atoms with E-state index in [1.54, 1.807) is 0 Å². The first kappa shape index (κ1) is 14.2. The third-order valence-corrected chi connectivity index (χ3v) is 6.25. The molecular formula is C17H21NS2. The molecular weight excluding hydrogens is 282 g/mol. The van der Waals surface area contributed by atoms with Crippen molar-refractivity contribution in [1.29, 1.82) is 0 Å². The molecule has 1 aromatic heterocycles. The van der Waals surface area contributed by atoms with Crippen LogP contribution in [0, 0.1) is 0 Å². The molecule has 1 aliphatic carbocycles. The Labute approximate surface area is 129 Å². The van der Waals surface area contributed by atoms with Gasteiger partial charge in [-0.2, -0.15) is 0 Å². The van der Waals surface area contributed by atoms with Gasteiger partial charge in [-0.05, 0) is 48.4 Å². The molecule has 1 heterocycles. The zero-order chi connectivity index (χ0) is 13.8. The Hall–Kier alpha value is -0.770. The van der Waals surface area contributed by atoms with Gasteiger partial charge in [0.25, 0.3) is 0 Å². The Balaban J connectivity index is 1.82. The van der Waals surface area contributed by atoms with Gasteiger partial charge < -0.3 is 5.32 Å². The van der Waals surface area contributed by atoms with Crippen LogP contribution in [-0.2, 0) is 6.42 Å². The van der Waals surface area contributed by atoms with Crippen molar-refractivity contribution in [2.45, 2.75) is 41.7 Å². The van der Waals surface area contributed by atoms with Gasteiger partial charge in [0.15, 0.2) is 0 Å². The SMILES string of the molecule is CCCNC1c2ccccc2CCC1Sc1cccs1. The highest BCUT2D eigenvalue weighted by molar-refractivity contribution is 8.01. The van der Waals surface area contributed by atoms with Crippen molar-refractivity contribution in [3.8, 4) is 0 Å². The normalized spacial score (nSPS) is 21.6. The molecule has 1 aromatic carbocycles. The van der Waals surface area contributed by atoms with Crippen LogP contribution in [0.2, 0.25) is 0 Å². The molecule has 20 heavy (non-hydrogen) atoms. The quantitative estimate of drug-likeness (QED) is 0.843. The Bertz CT molecular complexity index is 536. The summed E-state index contributed by atoms with van der Waals surface area (Å²) in [5, 5.41) is 6.60. The molecule has 0 fully saturated rings. The molecule has 0 amide bonds. The summed E-state index contributed by atoms with van der Waals surface area (Å²) in [6, 6.07) is 13.8. The lowest BCUT2D eigenvalue weighted by Gasteiger charge is -2.33. The first-order valence-corrected chi connectivity index (χ1v) is 9.15. The first-order chi connectivity index (χ1) is 9.88. The molecule has 0 radical (unpaired) electrons. The van der Waals surface area contributed by atoms with Gasteiger partial charge >= 0.3 is 0 Å². The molecule has 3 rings (SSSR count). The molecule has 0 saturated carbocycles. The predicted molar refractivity (Wildman–Crippen MR) is 89.8 cm³/mol. The van der Waals surface area contributed by atoms with Crippen LogP contribution in [0.4, 0.5) is 0 Å². The molecule has 0 saturated heterocycles. The number of thiophene rings is 1. The Morgan fingerprint density at radius 3 is 2.95 bits per heavy atom. The highest BCUT2D eigenvalue weighted by Gasteiger charge is 2.29. The van der Waals surface area contributed by atoms with Crippen molar-refractivity contribution in [3.05, 3.63) is 52.9 Å². The number of rotatable bonds is 5. The number of aryl methyl sites for hydroxylation is 1. The van der Waals surface area contributed by atoms with Crippen molar-refractivity contribution in [2.75, 3.05) is 6.54 Å². The van der Waals surface area contributed by atoms with Crippen molar-refractivity contribution in [3.63, 3.8) is 0 Å². The smallest absolute Gasteiger partial charge is 0.0601 e. The minimum absolute atomic E-state index is 0.493. The minimum atomic E-state index is 0.493. The van der Waals surface area contributed by atoms with Gasteiger partial charge in [0.2, 0.25) is 0 Å². The van der Waals surface area contributed by atoms with Crippen LogP contribution in [0.3, 0.4) is 0 Å². The maximum Gasteiger partial charge on any atom is 0.0601 e. The first-order valence-electron chi connectivity index (χ1n) is 7.40. The molecule has 3 heteroatoms. The van der Waals surface area contributed by atoms with Crippen LogP contribution >= 0.6 is 23.1 Å². The summed E-state index contributed by atoms with van der Waals surface area (Å²) in [4.78, 5) is 0. The fourth-order valence-corrected chi connectivity index (χ4v) is 5.16. The lowest BCUT2D eigenvalue weighted by Crippen LogP contribution is -2.34. The largest absolute Gasteiger partial charge is 0.309 e. The van der Waals surface area contributed by atoms with E-state index in [9.17, 15) is 0 Å². The summed E-state index contributed by atoms with van der Waals surface area (Å²) in [6.45, 7) is 3.34. The molecule has 2 aromatic rings. The topological polar surface area (TPSA) is 12.0 Å². The van der Waals surface area contributed by atoms with Crippen molar-refractivity contribution < 1.29 is 0 Å². The molecule has 106 valence electrons. The van der Waals surface area contributed by atoms with E-state index in [2.05, 4.69) is 54.0 Å². The second kappa shape index (κ2) is 6.79. The van der Waals surface area contributed by atoms with E-state index in [-0.39, 0.29) is 0 Å². The molecule has 0 spiro atoms. The second-order valence-electron chi connectivity index (χ2n) is 5.26. The van der Waals surface area contributed by atoms with Crippen LogP contribution in [0.1, 0.15) is 36.9 Å². The van der Waals surface area contributed by atoms with Crippen LogP contribution < -0.4 is 5.32 Å². The number of hydrogen-bond acceptors (Lipinski definition) is 3. The average molecular weight is 303 g/mol. The molecule has 2 unspecified atom stereocenters. The van der Waals surface area contributed by atoms with Crippen molar-refractivity contribution in [2.24, 2.45) is 0 Å². The van der Waals surface area contributed by atoms with Gasteiger partial charge in [0, 0.05) is 11.3 Å². The fraction of sp³-hybridized carbons (Fsp3) is 0.412. The zero-order valence-electron chi connectivity index (χ0n) is 11.8. The lowest BCUT2D eigenvalue weighted by molar-refractivity contribution is 0.472. The monoisotopic (exact) mass is 303 g/mol. The second-order valence-corrected chi connectivity index (χ2v) is 7.74. The molecule has 1 N–H and O–H groups in total. The highest BCUT2D eigenvalue weighted by Crippen LogP contribution is 2.41. The van der Waals surface area contributed by atoms with E-state index in [0.717, 1.165) is 6.54 Å². The maximum atomic E-state index is 3.77. The fourth-order valence-electron chi connectivity index (χ4n) is 2.88. The summed E-state index contributed by atoms with van der Waals surface area (Å²) in [5.41, 5.74) is 3.05. The van der Waals surface area contributed by atoms with E-state index in [1.165, 1.54) is 34.6 Å². The molecule has 0 bridgehead atoms. The number of benzene rings is 1. The molecule has 1 nitrogen and oxygen atoms in total. The Kier molecular flexibility index (Phi) is 4.81. The van der Waals surface area contributed by atoms with Crippen LogP contribution in [0.25, 0.3) is 0 Å². The van der Waals surface area contributed by atoms with Crippen LogP contribution in [0.5, 0.6) is 0 Å². The van der Waals surface area contributed by atoms with Gasteiger partial charge in [-0.15, -0.1) is 23.1 Å². The molecule has 1 aliphatic rings. The predicted octanol–water partition coefficient (Wildman–Crippen LogP) is 4.90. The lowest BCUT2D eigenvalue weighted by atomic mass is 9.87. The Morgan fingerprint density at radius 1 is 1.25 bits per heavy atom. The van der Waals surface area contributed by atoms with E-state index in [4.69, 9.17) is 0 Å². The van der Waals surface area contributed by atoms with Crippen LogP contribution in [0.15, 0.2) is 46.0 Å². The molecule has 2 atom stereocenters. The van der Waals surface area contributed by atoms with Gasteiger partial charge in [0.05, 0.1) is 4.21 Å². The Morgan fingerprint density at radius 2 is 2.15 bits per heavy atom. The minimum Gasteiger partial charge on any atom is -0.309 e. The summed E-state index contributed by atoms with van der Waals surface area (Å²) in [5.74, 6) is 0. The third-order valence-electron chi connectivity index (χ3n) is 3.84. The van der Waals surface area contributed by atoms with Crippen molar-refractivity contribution >= 4 is 23.1 Å². The number of hydrogen-bond donors (Lipinski definition) is 1. The van der Waals surface area contributed by atoms with E-state index in [1.807, 2.05) is 23.1 Å². The number of fused-ring (bicyclic) bond motifs is 1. The van der Waals surface area contributed by atoms with Crippen molar-refractivity contribution in [1.82, 2.24) is 5.32 Å². The van der Waals surface area contributed by atoms with E-state index in [0.29, 0.717) is 11.3 Å². The van der Waals surface area contributed by atoms with Gasteiger partial charge in [-0.25, -0.2) is 0 Å². The van der Waals surface area contributed by atoms with Crippen LogP contribution in [-0.4, -0.2) is 11.8 Å². The standard InChI is InChI=1S/C17H21NS2/c1-2-11-18-17-14-7-4-3-6-13(14)9-10-15(17)20-16-8-5-12-19-16/h3-8,12,15,17-18H,2,9-11H2,1H3. The highest BCUT2D eigenvalue weighted by atomic mass is 32.2. The third kappa shape index (κ3) is 3.11. The van der Waals surface area contributed by atoms with E-state index < -0.39 is 0 Å². The maximum absolute atomic E-state index is 3.77. The zero-order valence-corrected chi connectivity index (χ0v) is 13.5. The number of thioether (sulfide) groups is 1. The number of nitrogens with one attached hydrogen (secondary N) is 1. The summed E-state index contributed by atoms with van der Waals surface area (Å²) >= 11 is 3.91. The average Bonchev–Trinajstić information content (AvgIpc) is 2.99. The molecule has 0 aliphatic heterocycles. The van der Waals surface area contributed by atoms with Gasteiger partial charge in [0.1, 0.15) is 0 Å².